The number of nitrogens with two attached hydrogens (primary N) is 1. The molecular formula is C28H27F3N6O2. The molecule has 3 N–H and O–H groups in total. The van der Waals surface area contributed by atoms with Crippen LogP contribution in [0.25, 0.3) is 16.8 Å². The number of pyridine rings is 1. The van der Waals surface area contributed by atoms with E-state index in [1.54, 1.807) is 30.5 Å². The van der Waals surface area contributed by atoms with Crippen molar-refractivity contribution in [3.63, 3.8) is 0 Å². The first-order valence-electron chi connectivity index (χ1n) is 12.8. The number of piperidine rings is 1. The minimum Gasteiger partial charge on any atom is -0.382 e. The lowest BCUT2D eigenvalue weighted by Crippen LogP contribution is -2.41. The Morgan fingerprint density at radius 1 is 1.03 bits per heavy atom. The van der Waals surface area contributed by atoms with Crippen molar-refractivity contribution in [2.45, 2.75) is 56.3 Å². The van der Waals surface area contributed by atoms with Crippen molar-refractivity contribution in [3.05, 3.63) is 77.6 Å². The van der Waals surface area contributed by atoms with Crippen molar-refractivity contribution in [3.8, 4) is 11.3 Å². The highest BCUT2D eigenvalue weighted by Gasteiger charge is 2.39. The summed E-state index contributed by atoms with van der Waals surface area (Å²) in [7, 11) is 0. The minimum absolute atomic E-state index is 0.0425. The molecule has 5 heterocycles. The number of hydrogen-bond donors (Lipinski definition) is 2. The lowest BCUT2D eigenvalue weighted by Gasteiger charge is -2.34. The van der Waals surface area contributed by atoms with E-state index in [4.69, 9.17) is 10.7 Å². The first-order chi connectivity index (χ1) is 18.5. The Morgan fingerprint density at radius 3 is 2.54 bits per heavy atom. The van der Waals surface area contributed by atoms with E-state index in [0.717, 1.165) is 42.9 Å². The molecule has 0 radical (unpaired) electrons. The normalized spacial score (nSPS) is 21.3. The summed E-state index contributed by atoms with van der Waals surface area (Å²) in [6.07, 6.45) is 3.19. The zero-order valence-corrected chi connectivity index (χ0v) is 21.2. The average molecular weight is 537 g/mol. The molecule has 3 atom stereocenters. The van der Waals surface area contributed by atoms with Gasteiger partial charge < -0.3 is 15.7 Å². The van der Waals surface area contributed by atoms with Crippen LogP contribution in [0.3, 0.4) is 0 Å². The highest BCUT2D eigenvalue weighted by Crippen LogP contribution is 2.39. The highest BCUT2D eigenvalue weighted by molar-refractivity contribution is 5.85. The molecule has 2 fully saturated rings. The Kier molecular flexibility index (Phi) is 5.87. The number of aromatic nitrogens is 4. The van der Waals surface area contributed by atoms with Crippen LogP contribution in [0.1, 0.15) is 61.2 Å². The van der Waals surface area contributed by atoms with Crippen LogP contribution in [0.15, 0.2) is 55.0 Å². The molecule has 8 nitrogen and oxygen atoms in total. The van der Waals surface area contributed by atoms with E-state index in [1.165, 1.54) is 13.0 Å². The zero-order valence-electron chi connectivity index (χ0n) is 21.2. The molecule has 0 saturated carbocycles. The van der Waals surface area contributed by atoms with E-state index in [0.29, 0.717) is 41.6 Å². The van der Waals surface area contributed by atoms with Gasteiger partial charge in [-0.05, 0) is 49.4 Å². The standard InChI is InChI=1S/C28H27F3N6O2/c1-27(39,19-10-11-33-21(14-19)28(29,30)31)18-5-2-16(3-6-18)23-24-25(32)34-12-13-36(24)26(35-23)17-4-7-20-8-9-22(38)37(20)15-17/h2-3,5-6,10-14,17,20,39H,4,7-9,15H2,1H3,(H2,32,34)/t17-,20+,27-/m1/s1. The number of carbonyl (C=O) groups excluding carboxylic acids is 1. The summed E-state index contributed by atoms with van der Waals surface area (Å²) in [6, 6.07) is 9.37. The van der Waals surface area contributed by atoms with Crippen LogP contribution in [0.2, 0.25) is 0 Å². The number of imidazole rings is 1. The van der Waals surface area contributed by atoms with Crippen molar-refractivity contribution in [1.82, 2.24) is 24.3 Å². The van der Waals surface area contributed by atoms with Gasteiger partial charge in [-0.2, -0.15) is 13.2 Å². The second-order valence-corrected chi connectivity index (χ2v) is 10.4. The first-order valence-corrected chi connectivity index (χ1v) is 12.8. The topological polar surface area (TPSA) is 110 Å². The summed E-state index contributed by atoms with van der Waals surface area (Å²) < 4.78 is 41.5. The number of carbonyl (C=O) groups is 1. The number of halogens is 3. The Balaban J connectivity index is 1.36. The number of nitrogens with zero attached hydrogens (tertiary/aromatic N) is 5. The van der Waals surface area contributed by atoms with Crippen molar-refractivity contribution < 1.29 is 23.1 Å². The lowest BCUT2D eigenvalue weighted by molar-refractivity contribution is -0.141. The maximum Gasteiger partial charge on any atom is 0.433 e. The first kappa shape index (κ1) is 25.3. The van der Waals surface area contributed by atoms with E-state index < -0.39 is 17.5 Å². The van der Waals surface area contributed by atoms with Crippen LogP contribution in [-0.4, -0.2) is 47.9 Å². The molecule has 0 aliphatic carbocycles. The molecule has 2 saturated heterocycles. The largest absolute Gasteiger partial charge is 0.433 e. The number of nitrogen functional groups attached to an aromatic ring is 1. The highest BCUT2D eigenvalue weighted by atomic mass is 19.4. The van der Waals surface area contributed by atoms with Gasteiger partial charge in [-0.1, -0.05) is 24.3 Å². The monoisotopic (exact) mass is 536 g/mol. The van der Waals surface area contributed by atoms with Crippen molar-refractivity contribution in [2.75, 3.05) is 12.3 Å². The molecule has 0 spiro atoms. The van der Waals surface area contributed by atoms with Crippen molar-refractivity contribution >= 4 is 17.2 Å². The maximum absolute atomic E-state index is 13.2. The smallest absolute Gasteiger partial charge is 0.382 e. The minimum atomic E-state index is -4.62. The Hall–Kier alpha value is -3.99. The maximum atomic E-state index is 13.2. The van der Waals surface area contributed by atoms with Crippen molar-refractivity contribution in [2.24, 2.45) is 0 Å². The summed E-state index contributed by atoms with van der Waals surface area (Å²) >= 11 is 0. The van der Waals surface area contributed by atoms with Gasteiger partial charge in [0.25, 0.3) is 0 Å². The van der Waals surface area contributed by atoms with Gasteiger partial charge in [0.1, 0.15) is 34.1 Å². The van der Waals surface area contributed by atoms with Gasteiger partial charge in [0.2, 0.25) is 5.91 Å². The molecule has 2 aliphatic rings. The molecule has 2 aliphatic heterocycles. The van der Waals surface area contributed by atoms with Gasteiger partial charge in [0, 0.05) is 49.1 Å². The van der Waals surface area contributed by atoms with Gasteiger partial charge in [-0.25, -0.2) is 9.97 Å². The van der Waals surface area contributed by atoms with Crippen LogP contribution in [0.5, 0.6) is 0 Å². The van der Waals surface area contributed by atoms with Crippen LogP contribution in [0.4, 0.5) is 19.0 Å². The van der Waals surface area contributed by atoms with Gasteiger partial charge >= 0.3 is 6.18 Å². The van der Waals surface area contributed by atoms with E-state index >= 15 is 0 Å². The number of aliphatic hydroxyl groups is 1. The summed E-state index contributed by atoms with van der Waals surface area (Å²) in [5, 5.41) is 11.2. The third kappa shape index (κ3) is 4.30. The Bertz CT molecular complexity index is 1560. The predicted molar refractivity (Wildman–Crippen MR) is 137 cm³/mol. The zero-order chi connectivity index (χ0) is 27.5. The van der Waals surface area contributed by atoms with Gasteiger partial charge in [0.05, 0.1) is 0 Å². The molecule has 6 rings (SSSR count). The number of anilines is 1. The molecule has 4 aromatic rings. The Labute approximate surface area is 222 Å². The molecule has 202 valence electrons. The fraction of sp³-hybridized carbons (Fsp3) is 0.357. The number of alkyl halides is 3. The fourth-order valence-corrected chi connectivity index (χ4v) is 5.86. The molecular weight excluding hydrogens is 509 g/mol. The third-order valence-corrected chi connectivity index (χ3v) is 8.03. The molecule has 0 bridgehead atoms. The second-order valence-electron chi connectivity index (χ2n) is 10.4. The predicted octanol–water partition coefficient (Wildman–Crippen LogP) is 4.52. The van der Waals surface area contributed by atoms with E-state index in [9.17, 15) is 23.1 Å². The molecule has 0 unspecified atom stereocenters. The molecule has 3 aromatic heterocycles. The number of rotatable bonds is 4. The molecule has 39 heavy (non-hydrogen) atoms. The number of amides is 1. The van der Waals surface area contributed by atoms with Crippen LogP contribution >= 0.6 is 0 Å². The summed E-state index contributed by atoms with van der Waals surface area (Å²) in [5.41, 5.74) is 5.99. The average Bonchev–Trinajstić information content (AvgIpc) is 3.50. The quantitative estimate of drug-likeness (QED) is 0.397. The summed E-state index contributed by atoms with van der Waals surface area (Å²) in [6.45, 7) is 2.05. The van der Waals surface area contributed by atoms with Gasteiger partial charge in [-0.3, -0.25) is 14.2 Å². The number of benzene rings is 1. The molecule has 1 aromatic carbocycles. The number of fused-ring (bicyclic) bond motifs is 2. The van der Waals surface area contributed by atoms with E-state index in [1.807, 2.05) is 15.5 Å². The Morgan fingerprint density at radius 2 is 1.79 bits per heavy atom. The van der Waals surface area contributed by atoms with Crippen LogP contribution in [-0.2, 0) is 16.6 Å². The summed E-state index contributed by atoms with van der Waals surface area (Å²) in [4.78, 5) is 27.0. The van der Waals surface area contributed by atoms with Gasteiger partial charge in [-0.15, -0.1) is 0 Å². The molecule has 1 amide bonds. The van der Waals surface area contributed by atoms with Crippen LogP contribution in [0, 0.1) is 0 Å². The number of hydrogen-bond acceptors (Lipinski definition) is 6. The SMILES string of the molecule is C[C@@](O)(c1ccc(-c2nc([C@@H]3CC[C@H]4CCC(=O)N4C3)n3ccnc(N)c23)cc1)c1ccnc(C(F)(F)F)c1. The fourth-order valence-electron chi connectivity index (χ4n) is 5.86. The summed E-state index contributed by atoms with van der Waals surface area (Å²) in [5.74, 6) is 1.34. The van der Waals surface area contributed by atoms with Crippen LogP contribution < -0.4 is 5.73 Å². The molecule has 11 heteroatoms. The van der Waals surface area contributed by atoms with E-state index in [-0.39, 0.29) is 17.4 Å². The third-order valence-electron chi connectivity index (χ3n) is 8.03. The van der Waals surface area contributed by atoms with Gasteiger partial charge in [0.15, 0.2) is 0 Å². The lowest BCUT2D eigenvalue weighted by atomic mass is 9.87. The van der Waals surface area contributed by atoms with E-state index in [2.05, 4.69) is 9.97 Å². The second kappa shape index (κ2) is 9.04. The van der Waals surface area contributed by atoms with Crippen molar-refractivity contribution in [1.29, 1.82) is 0 Å².